The molecule has 182 valence electrons. The van der Waals surface area contributed by atoms with E-state index in [1.54, 1.807) is 6.92 Å². The predicted molar refractivity (Wildman–Crippen MR) is 128 cm³/mol. The number of aliphatic imine (C=N–C) groups is 1. The van der Waals surface area contributed by atoms with Crippen molar-refractivity contribution in [1.82, 2.24) is 9.97 Å². The average molecular weight is 499 g/mol. The van der Waals surface area contributed by atoms with E-state index in [1.165, 1.54) is 56.6 Å². The van der Waals surface area contributed by atoms with Gasteiger partial charge < -0.3 is 5.73 Å². The molecule has 0 amide bonds. The summed E-state index contributed by atoms with van der Waals surface area (Å²) in [6, 6.07) is 9.05. The summed E-state index contributed by atoms with van der Waals surface area (Å²) in [4.78, 5) is 25.2. The minimum atomic E-state index is -4.02. The molecule has 1 aromatic heterocycles. The van der Waals surface area contributed by atoms with Crippen molar-refractivity contribution >= 4 is 21.5 Å². The van der Waals surface area contributed by atoms with Crippen LogP contribution in [0.25, 0.3) is 0 Å². The van der Waals surface area contributed by atoms with E-state index in [9.17, 15) is 22.0 Å². The van der Waals surface area contributed by atoms with E-state index in [0.717, 1.165) is 12.1 Å². The van der Waals surface area contributed by atoms with Crippen molar-refractivity contribution in [3.05, 3.63) is 94.6 Å². The Balaban J connectivity index is 1.73. The van der Waals surface area contributed by atoms with Crippen LogP contribution in [-0.4, -0.2) is 35.8 Å². The van der Waals surface area contributed by atoms with Crippen LogP contribution in [0.3, 0.4) is 0 Å². The quantitative estimate of drug-likeness (QED) is 0.539. The highest BCUT2D eigenvalue weighted by atomic mass is 32.2. The third-order valence-corrected chi connectivity index (χ3v) is 9.02. The number of aryl methyl sites for hydroxylation is 1. The number of hydrogen-bond donors (Lipinski definition) is 1. The first-order chi connectivity index (χ1) is 16.4. The van der Waals surface area contributed by atoms with Crippen LogP contribution in [0.1, 0.15) is 46.7 Å². The Morgan fingerprint density at radius 2 is 1.74 bits per heavy atom. The highest BCUT2D eigenvalue weighted by Crippen LogP contribution is 2.42. The number of halogens is 2. The second-order valence-corrected chi connectivity index (χ2v) is 11.4. The largest absolute Gasteiger partial charge is 0.386 e. The summed E-state index contributed by atoms with van der Waals surface area (Å²) in [5.74, 6) is -2.27. The number of rotatable bonds is 5. The molecule has 1 aliphatic rings. The van der Waals surface area contributed by atoms with Gasteiger partial charge in [-0.2, -0.15) is 0 Å². The van der Waals surface area contributed by atoms with Gasteiger partial charge in [0.2, 0.25) is 0 Å². The van der Waals surface area contributed by atoms with Crippen molar-refractivity contribution in [2.24, 2.45) is 10.7 Å². The van der Waals surface area contributed by atoms with Gasteiger partial charge in [0.05, 0.1) is 17.6 Å². The molecular weight excluding hydrogens is 474 g/mol. The molecule has 2 atom stereocenters. The van der Waals surface area contributed by atoms with Gasteiger partial charge in [-0.3, -0.25) is 14.8 Å². The normalized spacial score (nSPS) is 23.5. The third kappa shape index (κ3) is 4.34. The lowest BCUT2D eigenvalue weighted by atomic mass is 9.90. The molecule has 1 aliphatic heterocycles. The number of carbonyl (C=O) groups is 1. The SMILES string of the molecule is Cc1cnc(C(=O)Cc2ccc(F)c([C@]3(C)CS(=O)(=O)[C@](C)(c4ccc(F)cc4)C(N)=N3)c2)cn1. The second-order valence-electron chi connectivity index (χ2n) is 9.03. The van der Waals surface area contributed by atoms with Gasteiger partial charge in [-0.05, 0) is 56.2 Å². The van der Waals surface area contributed by atoms with Crippen LogP contribution in [0.5, 0.6) is 0 Å². The second kappa shape index (κ2) is 8.60. The smallest absolute Gasteiger partial charge is 0.187 e. The fourth-order valence-corrected chi connectivity index (χ4v) is 6.33. The Hall–Kier alpha value is -3.53. The summed E-state index contributed by atoms with van der Waals surface area (Å²) in [5.41, 5.74) is 6.26. The first-order valence-corrected chi connectivity index (χ1v) is 12.5. The fraction of sp³-hybridized carbons (Fsp3) is 0.280. The molecular formula is C25H24F2N4O3S. The number of aromatic nitrogens is 2. The molecule has 35 heavy (non-hydrogen) atoms. The van der Waals surface area contributed by atoms with E-state index in [4.69, 9.17) is 5.73 Å². The molecule has 0 aliphatic carbocycles. The minimum absolute atomic E-state index is 0.00507. The van der Waals surface area contributed by atoms with Gasteiger partial charge in [0, 0.05) is 18.2 Å². The molecule has 7 nitrogen and oxygen atoms in total. The summed E-state index contributed by atoms with van der Waals surface area (Å²) >= 11 is 0. The Bertz CT molecular complexity index is 1440. The van der Waals surface area contributed by atoms with Crippen molar-refractivity contribution in [3.8, 4) is 0 Å². The van der Waals surface area contributed by atoms with Crippen LogP contribution in [0.15, 0.2) is 59.9 Å². The van der Waals surface area contributed by atoms with Gasteiger partial charge in [0.1, 0.15) is 28.7 Å². The third-order valence-electron chi connectivity index (χ3n) is 6.39. The van der Waals surface area contributed by atoms with Crippen LogP contribution in [0.4, 0.5) is 8.78 Å². The number of ketones is 1. The number of amidine groups is 1. The molecule has 0 saturated heterocycles. The standard InChI is InChI=1S/C25H24F2N4O3S/c1-15-12-30-21(13-29-15)22(32)11-16-4-9-20(27)19(10-16)24(2)14-35(33,34)25(3,23(28)31-24)17-5-7-18(26)8-6-17/h4-10,12-13H,11,14H2,1-3H3,(H2,28,31)/t24-,25+/m0/s1. The molecule has 0 unspecified atom stereocenters. The van der Waals surface area contributed by atoms with Crippen LogP contribution in [0.2, 0.25) is 0 Å². The van der Waals surface area contributed by atoms with Crippen molar-refractivity contribution < 1.29 is 22.0 Å². The van der Waals surface area contributed by atoms with E-state index in [0.29, 0.717) is 11.3 Å². The van der Waals surface area contributed by atoms with Crippen LogP contribution >= 0.6 is 0 Å². The lowest BCUT2D eigenvalue weighted by molar-refractivity contribution is 0.0987. The van der Waals surface area contributed by atoms with Crippen molar-refractivity contribution in [1.29, 1.82) is 0 Å². The molecule has 3 aromatic rings. The summed E-state index contributed by atoms with van der Waals surface area (Å²) in [6.45, 7) is 4.64. The molecule has 10 heteroatoms. The van der Waals surface area contributed by atoms with Crippen molar-refractivity contribution in [2.75, 3.05) is 5.75 Å². The molecule has 2 heterocycles. The summed E-state index contributed by atoms with van der Waals surface area (Å²) in [7, 11) is -4.02. The monoisotopic (exact) mass is 498 g/mol. The fourth-order valence-electron chi connectivity index (χ4n) is 4.22. The van der Waals surface area contributed by atoms with Gasteiger partial charge >= 0.3 is 0 Å². The Morgan fingerprint density at radius 3 is 2.34 bits per heavy atom. The molecule has 0 bridgehead atoms. The highest BCUT2D eigenvalue weighted by molar-refractivity contribution is 7.93. The first-order valence-electron chi connectivity index (χ1n) is 10.8. The van der Waals surface area contributed by atoms with Gasteiger partial charge in [-0.15, -0.1) is 0 Å². The molecule has 0 spiro atoms. The number of hydrogen-bond acceptors (Lipinski definition) is 7. The van der Waals surface area contributed by atoms with Crippen LogP contribution in [0, 0.1) is 18.6 Å². The van der Waals surface area contributed by atoms with Gasteiger partial charge in [-0.1, -0.05) is 18.2 Å². The zero-order valence-corrected chi connectivity index (χ0v) is 20.2. The van der Waals surface area contributed by atoms with E-state index >= 15 is 0 Å². The number of sulfone groups is 1. The Kier molecular flexibility index (Phi) is 6.04. The number of Topliss-reactive ketones (excluding diaryl/α,β-unsaturated/α-hetero) is 1. The van der Waals surface area contributed by atoms with E-state index in [-0.39, 0.29) is 34.9 Å². The molecule has 4 rings (SSSR count). The number of carbonyl (C=O) groups excluding carboxylic acids is 1. The molecule has 0 fully saturated rings. The zero-order valence-electron chi connectivity index (χ0n) is 19.4. The van der Waals surface area contributed by atoms with Crippen molar-refractivity contribution in [3.63, 3.8) is 0 Å². The number of nitrogens with zero attached hydrogens (tertiary/aromatic N) is 3. The maximum atomic E-state index is 15.0. The van der Waals surface area contributed by atoms with Gasteiger partial charge in [-0.25, -0.2) is 22.2 Å². The van der Waals surface area contributed by atoms with Crippen molar-refractivity contribution in [2.45, 2.75) is 37.5 Å². The lowest BCUT2D eigenvalue weighted by Crippen LogP contribution is -2.54. The maximum absolute atomic E-state index is 15.0. The Labute approximate surface area is 202 Å². The molecule has 2 aromatic carbocycles. The zero-order chi connectivity index (χ0) is 25.6. The molecule has 0 radical (unpaired) electrons. The Morgan fingerprint density at radius 1 is 1.06 bits per heavy atom. The van der Waals surface area contributed by atoms with E-state index in [2.05, 4.69) is 15.0 Å². The summed E-state index contributed by atoms with van der Waals surface area (Å²) in [5, 5.41) is 0. The maximum Gasteiger partial charge on any atom is 0.187 e. The molecule has 2 N–H and O–H groups in total. The minimum Gasteiger partial charge on any atom is -0.386 e. The number of nitrogens with two attached hydrogens (primary N) is 1. The van der Waals surface area contributed by atoms with Gasteiger partial charge in [0.15, 0.2) is 20.4 Å². The van der Waals surface area contributed by atoms with Gasteiger partial charge in [0.25, 0.3) is 0 Å². The first kappa shape index (κ1) is 24.6. The molecule has 0 saturated carbocycles. The lowest BCUT2D eigenvalue weighted by Gasteiger charge is -2.40. The van der Waals surface area contributed by atoms with Crippen LogP contribution < -0.4 is 5.73 Å². The predicted octanol–water partition coefficient (Wildman–Crippen LogP) is 3.40. The van der Waals surface area contributed by atoms with E-state index in [1.807, 2.05) is 0 Å². The van der Waals surface area contributed by atoms with Crippen LogP contribution in [-0.2, 0) is 26.5 Å². The van der Waals surface area contributed by atoms with E-state index < -0.39 is 37.5 Å². The summed E-state index contributed by atoms with van der Waals surface area (Å²) < 4.78 is 53.8. The average Bonchev–Trinajstić information content (AvgIpc) is 2.79. The topological polar surface area (TPSA) is 115 Å². The number of benzene rings is 2. The highest BCUT2D eigenvalue weighted by Gasteiger charge is 2.53. The summed E-state index contributed by atoms with van der Waals surface area (Å²) in [6.07, 6.45) is 2.77.